The molecule has 1 fully saturated rings. The molecule has 1 heterocycles. The largest absolute Gasteiger partial charge is 0.385 e. The summed E-state index contributed by atoms with van der Waals surface area (Å²) < 4.78 is 0. The number of hydrogen-bond donors (Lipinski definition) is 1. The minimum Gasteiger partial charge on any atom is -0.385 e. The second-order valence-corrected chi connectivity index (χ2v) is 5.67. The smallest absolute Gasteiger partial charge is 0.0343 e. The molecule has 0 spiro atoms. The summed E-state index contributed by atoms with van der Waals surface area (Å²) in [5, 5.41) is 3.57. The normalized spacial score (nSPS) is 19.1. The Hall–Kier alpha value is -1.02. The summed E-state index contributed by atoms with van der Waals surface area (Å²) in [6.07, 6.45) is 7.96. The van der Waals surface area contributed by atoms with Gasteiger partial charge in [0, 0.05) is 12.2 Å². The lowest BCUT2D eigenvalue weighted by atomic mass is 10.1. The van der Waals surface area contributed by atoms with Crippen LogP contribution in [-0.4, -0.2) is 31.1 Å². The SMILES string of the molecule is c1cc2c(cc1NCCCN1CCCC1)CCC2. The van der Waals surface area contributed by atoms with Crippen LogP contribution < -0.4 is 5.32 Å². The molecule has 1 N–H and O–H groups in total. The highest BCUT2D eigenvalue weighted by Crippen LogP contribution is 2.24. The number of rotatable bonds is 5. The van der Waals surface area contributed by atoms with Crippen LogP contribution in [-0.2, 0) is 12.8 Å². The lowest BCUT2D eigenvalue weighted by Gasteiger charge is -2.15. The Balaban J connectivity index is 1.42. The topological polar surface area (TPSA) is 15.3 Å². The van der Waals surface area contributed by atoms with Crippen molar-refractivity contribution in [3.05, 3.63) is 29.3 Å². The average Bonchev–Trinajstić information content (AvgIpc) is 3.05. The first kappa shape index (κ1) is 12.0. The van der Waals surface area contributed by atoms with E-state index in [1.54, 1.807) is 11.1 Å². The molecule has 3 rings (SSSR count). The Morgan fingerprint density at radius 1 is 1.00 bits per heavy atom. The van der Waals surface area contributed by atoms with Gasteiger partial charge in [-0.05, 0) is 81.4 Å². The van der Waals surface area contributed by atoms with E-state index in [1.165, 1.54) is 63.8 Å². The maximum absolute atomic E-state index is 3.57. The van der Waals surface area contributed by atoms with Gasteiger partial charge < -0.3 is 10.2 Å². The summed E-state index contributed by atoms with van der Waals surface area (Å²) in [5.41, 5.74) is 4.45. The van der Waals surface area contributed by atoms with E-state index in [0.29, 0.717) is 0 Å². The van der Waals surface area contributed by atoms with Gasteiger partial charge in [0.25, 0.3) is 0 Å². The average molecular weight is 244 g/mol. The molecule has 0 amide bonds. The lowest BCUT2D eigenvalue weighted by molar-refractivity contribution is 0.337. The summed E-state index contributed by atoms with van der Waals surface area (Å²) in [6, 6.07) is 6.92. The number of likely N-dealkylation sites (tertiary alicyclic amines) is 1. The van der Waals surface area contributed by atoms with Gasteiger partial charge in [0.15, 0.2) is 0 Å². The van der Waals surface area contributed by atoms with Crippen molar-refractivity contribution in [3.63, 3.8) is 0 Å². The van der Waals surface area contributed by atoms with Crippen molar-refractivity contribution in [2.75, 3.05) is 31.5 Å². The Morgan fingerprint density at radius 2 is 1.83 bits per heavy atom. The molecule has 2 heteroatoms. The van der Waals surface area contributed by atoms with Gasteiger partial charge in [-0.2, -0.15) is 0 Å². The fourth-order valence-electron chi connectivity index (χ4n) is 3.22. The summed E-state index contributed by atoms with van der Waals surface area (Å²) in [7, 11) is 0. The molecule has 0 bridgehead atoms. The highest BCUT2D eigenvalue weighted by molar-refractivity contribution is 5.50. The third-order valence-electron chi connectivity index (χ3n) is 4.28. The van der Waals surface area contributed by atoms with Crippen LogP contribution in [0.4, 0.5) is 5.69 Å². The Bertz CT molecular complexity index is 394. The van der Waals surface area contributed by atoms with E-state index >= 15 is 0 Å². The quantitative estimate of drug-likeness (QED) is 0.801. The fraction of sp³-hybridized carbons (Fsp3) is 0.625. The van der Waals surface area contributed by atoms with Gasteiger partial charge in [-0.3, -0.25) is 0 Å². The van der Waals surface area contributed by atoms with Crippen LogP contribution >= 0.6 is 0 Å². The van der Waals surface area contributed by atoms with Crippen LogP contribution in [0.3, 0.4) is 0 Å². The standard InChI is InChI=1S/C16H24N2/c1-2-11-18(10-1)12-4-9-17-16-8-7-14-5-3-6-15(14)13-16/h7-8,13,17H,1-6,9-12H2. The number of nitrogens with zero attached hydrogens (tertiary/aromatic N) is 1. The Kier molecular flexibility index (Phi) is 3.84. The second kappa shape index (κ2) is 5.75. The zero-order chi connectivity index (χ0) is 12.2. The summed E-state index contributed by atoms with van der Waals surface area (Å²) in [6.45, 7) is 5.00. The number of nitrogens with one attached hydrogen (secondary N) is 1. The first-order valence-corrected chi connectivity index (χ1v) is 7.50. The maximum atomic E-state index is 3.57. The van der Waals surface area contributed by atoms with Gasteiger partial charge in [0.05, 0.1) is 0 Å². The molecular weight excluding hydrogens is 220 g/mol. The molecule has 0 saturated carbocycles. The van der Waals surface area contributed by atoms with Crippen molar-refractivity contribution in [2.45, 2.75) is 38.5 Å². The van der Waals surface area contributed by atoms with Crippen molar-refractivity contribution in [1.29, 1.82) is 0 Å². The van der Waals surface area contributed by atoms with Crippen molar-refractivity contribution >= 4 is 5.69 Å². The summed E-state index contributed by atoms with van der Waals surface area (Å²) in [5.74, 6) is 0. The van der Waals surface area contributed by atoms with Crippen LogP contribution in [0.2, 0.25) is 0 Å². The van der Waals surface area contributed by atoms with Crippen molar-refractivity contribution < 1.29 is 0 Å². The van der Waals surface area contributed by atoms with E-state index in [9.17, 15) is 0 Å². The monoisotopic (exact) mass is 244 g/mol. The predicted octanol–water partition coefficient (Wildman–Crippen LogP) is 3.07. The van der Waals surface area contributed by atoms with Crippen LogP contribution in [0.15, 0.2) is 18.2 Å². The molecule has 98 valence electrons. The van der Waals surface area contributed by atoms with E-state index in [4.69, 9.17) is 0 Å². The molecule has 1 saturated heterocycles. The van der Waals surface area contributed by atoms with Crippen LogP contribution in [0.1, 0.15) is 36.8 Å². The number of hydrogen-bond acceptors (Lipinski definition) is 2. The minimum atomic E-state index is 1.11. The van der Waals surface area contributed by atoms with Crippen molar-refractivity contribution in [3.8, 4) is 0 Å². The van der Waals surface area contributed by atoms with Gasteiger partial charge >= 0.3 is 0 Å². The maximum Gasteiger partial charge on any atom is 0.0343 e. The van der Waals surface area contributed by atoms with Crippen molar-refractivity contribution in [2.24, 2.45) is 0 Å². The second-order valence-electron chi connectivity index (χ2n) is 5.67. The van der Waals surface area contributed by atoms with E-state index in [-0.39, 0.29) is 0 Å². The first-order valence-electron chi connectivity index (χ1n) is 7.50. The molecule has 2 nitrogen and oxygen atoms in total. The zero-order valence-corrected chi connectivity index (χ0v) is 11.3. The molecule has 1 aliphatic carbocycles. The van der Waals surface area contributed by atoms with E-state index in [1.807, 2.05) is 0 Å². The van der Waals surface area contributed by atoms with E-state index < -0.39 is 0 Å². The highest BCUT2D eigenvalue weighted by Gasteiger charge is 2.11. The van der Waals surface area contributed by atoms with Gasteiger partial charge in [0.1, 0.15) is 0 Å². The molecule has 18 heavy (non-hydrogen) atoms. The molecule has 0 atom stereocenters. The summed E-state index contributed by atoms with van der Waals surface area (Å²) in [4.78, 5) is 2.59. The molecule has 1 aliphatic heterocycles. The molecule has 0 unspecified atom stereocenters. The third kappa shape index (κ3) is 2.86. The lowest BCUT2D eigenvalue weighted by Crippen LogP contribution is -2.22. The fourth-order valence-corrected chi connectivity index (χ4v) is 3.22. The van der Waals surface area contributed by atoms with Crippen LogP contribution in [0, 0.1) is 0 Å². The van der Waals surface area contributed by atoms with Gasteiger partial charge in [-0.15, -0.1) is 0 Å². The van der Waals surface area contributed by atoms with E-state index in [0.717, 1.165) is 6.54 Å². The van der Waals surface area contributed by atoms with Gasteiger partial charge in [-0.1, -0.05) is 6.07 Å². The minimum absolute atomic E-state index is 1.11. The number of anilines is 1. The third-order valence-corrected chi connectivity index (χ3v) is 4.28. The van der Waals surface area contributed by atoms with Crippen molar-refractivity contribution in [1.82, 2.24) is 4.90 Å². The van der Waals surface area contributed by atoms with Gasteiger partial charge in [-0.25, -0.2) is 0 Å². The molecule has 1 aromatic rings. The number of aryl methyl sites for hydroxylation is 2. The van der Waals surface area contributed by atoms with Gasteiger partial charge in [0.2, 0.25) is 0 Å². The highest BCUT2D eigenvalue weighted by atomic mass is 15.1. The van der Waals surface area contributed by atoms with E-state index in [2.05, 4.69) is 28.4 Å². The Labute approximate surface area is 110 Å². The first-order chi connectivity index (χ1) is 8.92. The Morgan fingerprint density at radius 3 is 2.72 bits per heavy atom. The molecule has 1 aromatic carbocycles. The predicted molar refractivity (Wildman–Crippen MR) is 77.2 cm³/mol. The number of fused-ring (bicyclic) bond motifs is 1. The number of benzene rings is 1. The zero-order valence-electron chi connectivity index (χ0n) is 11.3. The van der Waals surface area contributed by atoms with Crippen LogP contribution in [0.5, 0.6) is 0 Å². The van der Waals surface area contributed by atoms with Crippen LogP contribution in [0.25, 0.3) is 0 Å². The molecular formula is C16H24N2. The molecule has 0 radical (unpaired) electrons. The molecule has 0 aromatic heterocycles. The summed E-state index contributed by atoms with van der Waals surface area (Å²) >= 11 is 0. The molecule has 2 aliphatic rings.